The van der Waals surface area contributed by atoms with Crippen molar-refractivity contribution in [3.63, 3.8) is 0 Å². The van der Waals surface area contributed by atoms with E-state index < -0.39 is 0 Å². The van der Waals surface area contributed by atoms with Gasteiger partial charge in [-0.3, -0.25) is 4.98 Å². The van der Waals surface area contributed by atoms with Gasteiger partial charge >= 0.3 is 0 Å². The second kappa shape index (κ2) is 7.56. The van der Waals surface area contributed by atoms with Gasteiger partial charge in [-0.2, -0.15) is 0 Å². The van der Waals surface area contributed by atoms with Crippen LogP contribution in [0.15, 0.2) is 29.4 Å². The number of thiocarbonyl (C=S) groups is 1. The summed E-state index contributed by atoms with van der Waals surface area (Å²) in [5.74, 6) is 0.588. The number of nitrogens with one attached hydrogen (secondary N) is 2. The highest BCUT2D eigenvalue weighted by Crippen LogP contribution is 1.95. The van der Waals surface area contributed by atoms with Crippen molar-refractivity contribution in [2.45, 2.75) is 19.9 Å². The van der Waals surface area contributed by atoms with Gasteiger partial charge < -0.3 is 16.4 Å². The van der Waals surface area contributed by atoms with Crippen LogP contribution >= 0.6 is 12.2 Å². The molecule has 4 N–H and O–H groups in total. The molecule has 1 aromatic heterocycles. The predicted molar refractivity (Wildman–Crippen MR) is 73.6 cm³/mol. The second-order valence-corrected chi connectivity index (χ2v) is 3.84. The highest BCUT2D eigenvalue weighted by atomic mass is 32.1. The van der Waals surface area contributed by atoms with E-state index in [9.17, 15) is 0 Å². The molecule has 0 saturated heterocycles. The SMILES string of the molecule is CCCNC(=NCc1ccccn1)NC(N)=S. The first-order chi connectivity index (χ1) is 8.22. The topological polar surface area (TPSA) is 75.3 Å². The van der Waals surface area contributed by atoms with Crippen LogP contribution in [0.3, 0.4) is 0 Å². The summed E-state index contributed by atoms with van der Waals surface area (Å²) >= 11 is 4.78. The Morgan fingerprint density at radius 2 is 2.35 bits per heavy atom. The normalized spacial score (nSPS) is 11.0. The van der Waals surface area contributed by atoms with Crippen molar-refractivity contribution >= 4 is 23.3 Å². The van der Waals surface area contributed by atoms with Crippen LogP contribution in [0, 0.1) is 0 Å². The summed E-state index contributed by atoms with van der Waals surface area (Å²) in [5, 5.41) is 6.12. The molecule has 0 amide bonds. The van der Waals surface area contributed by atoms with Gasteiger partial charge in [-0.25, -0.2) is 4.99 Å². The number of aliphatic imine (C=N–C) groups is 1. The summed E-state index contributed by atoms with van der Waals surface area (Å²) in [5.41, 5.74) is 6.31. The van der Waals surface area contributed by atoms with E-state index in [1.165, 1.54) is 0 Å². The molecule has 1 rings (SSSR count). The molecule has 0 bridgehead atoms. The molecule has 0 aliphatic rings. The Kier molecular flexibility index (Phi) is 5.95. The molecule has 0 fully saturated rings. The largest absolute Gasteiger partial charge is 0.376 e. The van der Waals surface area contributed by atoms with Crippen molar-refractivity contribution in [3.05, 3.63) is 30.1 Å². The van der Waals surface area contributed by atoms with Gasteiger partial charge in [0.15, 0.2) is 11.1 Å². The maximum absolute atomic E-state index is 5.42. The minimum Gasteiger partial charge on any atom is -0.376 e. The molecule has 0 aliphatic carbocycles. The van der Waals surface area contributed by atoms with Crippen LogP contribution in [0.25, 0.3) is 0 Å². The van der Waals surface area contributed by atoms with Gasteiger partial charge in [-0.1, -0.05) is 13.0 Å². The van der Waals surface area contributed by atoms with Crippen LogP contribution in [-0.4, -0.2) is 22.6 Å². The summed E-state index contributed by atoms with van der Waals surface area (Å²) in [7, 11) is 0. The molecular weight excluding hydrogens is 234 g/mol. The lowest BCUT2D eigenvalue weighted by atomic mass is 10.3. The lowest BCUT2D eigenvalue weighted by molar-refractivity contribution is 0.813. The lowest BCUT2D eigenvalue weighted by Crippen LogP contribution is -2.43. The fourth-order valence-electron chi connectivity index (χ4n) is 1.15. The molecule has 5 nitrogen and oxygen atoms in total. The zero-order valence-electron chi connectivity index (χ0n) is 9.81. The molecular formula is C11H17N5S. The molecule has 0 spiro atoms. The van der Waals surface area contributed by atoms with E-state index in [4.69, 9.17) is 18.0 Å². The first kappa shape index (κ1) is 13.4. The lowest BCUT2D eigenvalue weighted by Gasteiger charge is -2.10. The quantitative estimate of drug-likeness (QED) is 0.419. The van der Waals surface area contributed by atoms with Gasteiger partial charge in [0, 0.05) is 12.7 Å². The Labute approximate surface area is 107 Å². The molecule has 0 unspecified atom stereocenters. The van der Waals surface area contributed by atoms with E-state index in [1.807, 2.05) is 18.2 Å². The zero-order valence-corrected chi connectivity index (χ0v) is 10.6. The fourth-order valence-corrected chi connectivity index (χ4v) is 1.25. The molecule has 1 aromatic rings. The maximum Gasteiger partial charge on any atom is 0.197 e. The standard InChI is InChI=1S/C11H17N5S/c1-2-6-14-11(16-10(12)17)15-8-9-5-3-4-7-13-9/h3-5,7H,2,6,8H2,1H3,(H4,12,14,15,16,17). The van der Waals surface area contributed by atoms with E-state index in [0.29, 0.717) is 12.5 Å². The fraction of sp³-hybridized carbons (Fsp3) is 0.364. The number of guanidine groups is 1. The van der Waals surface area contributed by atoms with E-state index in [1.54, 1.807) is 6.20 Å². The molecule has 17 heavy (non-hydrogen) atoms. The zero-order chi connectivity index (χ0) is 12.5. The molecule has 0 aromatic carbocycles. The van der Waals surface area contributed by atoms with Crippen LogP contribution < -0.4 is 16.4 Å². The van der Waals surface area contributed by atoms with E-state index in [-0.39, 0.29) is 5.11 Å². The van der Waals surface area contributed by atoms with E-state index in [0.717, 1.165) is 18.7 Å². The average Bonchev–Trinajstić information content (AvgIpc) is 2.33. The summed E-state index contributed by atoms with van der Waals surface area (Å²) in [6.07, 6.45) is 2.74. The number of hydrogen-bond acceptors (Lipinski definition) is 3. The third kappa shape index (κ3) is 5.82. The Balaban J connectivity index is 2.58. The second-order valence-electron chi connectivity index (χ2n) is 3.40. The number of pyridine rings is 1. The Morgan fingerprint density at radius 1 is 1.53 bits per heavy atom. The number of nitrogens with two attached hydrogens (primary N) is 1. The Morgan fingerprint density at radius 3 is 2.94 bits per heavy atom. The van der Waals surface area contributed by atoms with Gasteiger partial charge in [0.05, 0.1) is 12.2 Å². The average molecular weight is 251 g/mol. The van der Waals surface area contributed by atoms with Crippen molar-refractivity contribution < 1.29 is 0 Å². The first-order valence-corrected chi connectivity index (χ1v) is 5.88. The Hall–Kier alpha value is -1.69. The van der Waals surface area contributed by atoms with Crippen molar-refractivity contribution in [2.75, 3.05) is 6.54 Å². The third-order valence-corrected chi connectivity index (χ3v) is 2.01. The van der Waals surface area contributed by atoms with E-state index in [2.05, 4.69) is 27.5 Å². The van der Waals surface area contributed by atoms with Crippen LogP contribution in [0.4, 0.5) is 0 Å². The predicted octanol–water partition coefficient (Wildman–Crippen LogP) is 0.770. The van der Waals surface area contributed by atoms with Crippen LogP contribution in [0.2, 0.25) is 0 Å². The molecule has 0 aliphatic heterocycles. The first-order valence-electron chi connectivity index (χ1n) is 5.47. The highest BCUT2D eigenvalue weighted by molar-refractivity contribution is 7.80. The summed E-state index contributed by atoms with van der Waals surface area (Å²) in [6.45, 7) is 3.38. The third-order valence-electron chi connectivity index (χ3n) is 1.91. The van der Waals surface area contributed by atoms with Crippen molar-refractivity contribution in [2.24, 2.45) is 10.7 Å². The van der Waals surface area contributed by atoms with Gasteiger partial charge in [-0.15, -0.1) is 0 Å². The van der Waals surface area contributed by atoms with Gasteiger partial charge in [0.2, 0.25) is 0 Å². The van der Waals surface area contributed by atoms with Crippen molar-refractivity contribution in [1.29, 1.82) is 0 Å². The molecule has 0 radical (unpaired) electrons. The minimum atomic E-state index is 0.202. The molecule has 1 heterocycles. The van der Waals surface area contributed by atoms with Crippen LogP contribution in [0.1, 0.15) is 19.0 Å². The number of hydrogen-bond donors (Lipinski definition) is 3. The Bertz CT molecular complexity index is 377. The summed E-state index contributed by atoms with van der Waals surface area (Å²) in [4.78, 5) is 8.52. The molecule has 92 valence electrons. The van der Waals surface area contributed by atoms with Gasteiger partial charge in [0.1, 0.15) is 0 Å². The number of nitrogens with zero attached hydrogens (tertiary/aromatic N) is 2. The van der Waals surface area contributed by atoms with Crippen molar-refractivity contribution in [3.8, 4) is 0 Å². The molecule has 6 heteroatoms. The molecule has 0 saturated carbocycles. The van der Waals surface area contributed by atoms with Gasteiger partial charge in [0.25, 0.3) is 0 Å². The van der Waals surface area contributed by atoms with Crippen molar-refractivity contribution in [1.82, 2.24) is 15.6 Å². The smallest absolute Gasteiger partial charge is 0.197 e. The highest BCUT2D eigenvalue weighted by Gasteiger charge is 1.98. The summed E-state index contributed by atoms with van der Waals surface area (Å²) in [6, 6.07) is 5.72. The van der Waals surface area contributed by atoms with Gasteiger partial charge in [-0.05, 0) is 30.8 Å². The monoisotopic (exact) mass is 251 g/mol. The maximum atomic E-state index is 5.42. The minimum absolute atomic E-state index is 0.202. The number of rotatable bonds is 4. The molecule has 0 atom stereocenters. The van der Waals surface area contributed by atoms with Crippen LogP contribution in [-0.2, 0) is 6.54 Å². The van der Waals surface area contributed by atoms with E-state index >= 15 is 0 Å². The van der Waals surface area contributed by atoms with Crippen LogP contribution in [0.5, 0.6) is 0 Å². The number of aromatic nitrogens is 1. The summed E-state index contributed by atoms with van der Waals surface area (Å²) < 4.78 is 0.